The summed E-state index contributed by atoms with van der Waals surface area (Å²) in [6.45, 7) is 4.46. The van der Waals surface area contributed by atoms with Gasteiger partial charge >= 0.3 is 6.18 Å². The van der Waals surface area contributed by atoms with Gasteiger partial charge in [-0.15, -0.1) is 0 Å². The molecule has 6 heteroatoms. The van der Waals surface area contributed by atoms with Crippen LogP contribution in [0.3, 0.4) is 0 Å². The summed E-state index contributed by atoms with van der Waals surface area (Å²) in [5.41, 5.74) is 0. The molecule has 1 amide bonds. The topological polar surface area (TPSA) is 23.6 Å². The molecule has 100 valence electrons. The Morgan fingerprint density at radius 2 is 1.71 bits per heavy atom. The van der Waals surface area contributed by atoms with Crippen molar-refractivity contribution in [2.45, 2.75) is 26.4 Å². The molecule has 1 aliphatic rings. The van der Waals surface area contributed by atoms with Gasteiger partial charge in [-0.2, -0.15) is 13.2 Å². The molecular formula is C11H19F3N2O. The lowest BCUT2D eigenvalue weighted by atomic mass is 10.1. The number of rotatable bonds is 3. The third kappa shape index (κ3) is 5.39. The van der Waals surface area contributed by atoms with E-state index in [2.05, 4.69) is 0 Å². The highest BCUT2D eigenvalue weighted by molar-refractivity contribution is 5.76. The van der Waals surface area contributed by atoms with Gasteiger partial charge in [0.1, 0.15) is 0 Å². The molecule has 0 spiro atoms. The molecule has 1 heterocycles. The van der Waals surface area contributed by atoms with E-state index >= 15 is 0 Å². The molecule has 0 aromatic rings. The fourth-order valence-electron chi connectivity index (χ4n) is 1.89. The average Bonchev–Trinajstić information content (AvgIpc) is 2.15. The summed E-state index contributed by atoms with van der Waals surface area (Å²) in [6.07, 6.45) is -3.68. The average molecular weight is 252 g/mol. The zero-order valence-corrected chi connectivity index (χ0v) is 10.3. The predicted molar refractivity (Wildman–Crippen MR) is 58.5 cm³/mol. The Hall–Kier alpha value is -0.780. The number of nitrogens with zero attached hydrogens (tertiary/aromatic N) is 2. The lowest BCUT2D eigenvalue weighted by Crippen LogP contribution is -2.51. The van der Waals surface area contributed by atoms with Gasteiger partial charge in [0.2, 0.25) is 5.91 Å². The first kappa shape index (κ1) is 14.3. The van der Waals surface area contributed by atoms with Crippen LogP contribution in [-0.4, -0.2) is 54.6 Å². The molecule has 0 aliphatic carbocycles. The largest absolute Gasteiger partial charge is 0.401 e. The number of hydrogen-bond acceptors (Lipinski definition) is 2. The fourth-order valence-corrected chi connectivity index (χ4v) is 1.89. The molecule has 3 nitrogen and oxygen atoms in total. The van der Waals surface area contributed by atoms with Crippen LogP contribution in [0.5, 0.6) is 0 Å². The van der Waals surface area contributed by atoms with Gasteiger partial charge < -0.3 is 4.90 Å². The Bertz CT molecular complexity index is 258. The van der Waals surface area contributed by atoms with Crippen LogP contribution in [0, 0.1) is 5.92 Å². The Morgan fingerprint density at radius 1 is 1.18 bits per heavy atom. The van der Waals surface area contributed by atoms with Gasteiger partial charge in [0.05, 0.1) is 6.54 Å². The second-order valence-corrected chi connectivity index (χ2v) is 4.87. The molecule has 17 heavy (non-hydrogen) atoms. The van der Waals surface area contributed by atoms with Gasteiger partial charge in [0.25, 0.3) is 0 Å². The van der Waals surface area contributed by atoms with E-state index in [-0.39, 0.29) is 11.8 Å². The number of hydrogen-bond donors (Lipinski definition) is 0. The molecular weight excluding hydrogens is 233 g/mol. The second kappa shape index (κ2) is 5.71. The Kier molecular flexibility index (Phi) is 4.80. The molecule has 0 aromatic heterocycles. The van der Waals surface area contributed by atoms with Crippen molar-refractivity contribution < 1.29 is 18.0 Å². The number of carbonyl (C=O) groups excluding carboxylic acids is 1. The monoisotopic (exact) mass is 252 g/mol. The van der Waals surface area contributed by atoms with Gasteiger partial charge in [-0.3, -0.25) is 9.69 Å². The first-order chi connectivity index (χ1) is 7.78. The summed E-state index contributed by atoms with van der Waals surface area (Å²) in [4.78, 5) is 14.7. The maximum Gasteiger partial charge on any atom is 0.401 e. The van der Waals surface area contributed by atoms with Crippen LogP contribution in [0.4, 0.5) is 13.2 Å². The van der Waals surface area contributed by atoms with Gasteiger partial charge in [0, 0.05) is 32.6 Å². The maximum atomic E-state index is 12.1. The zero-order valence-electron chi connectivity index (χ0n) is 10.3. The molecule has 0 bridgehead atoms. The number of carbonyl (C=O) groups is 1. The highest BCUT2D eigenvalue weighted by Gasteiger charge is 2.32. The van der Waals surface area contributed by atoms with E-state index in [0.717, 1.165) is 0 Å². The number of halogens is 3. The lowest BCUT2D eigenvalue weighted by molar-refractivity contribution is -0.151. The van der Waals surface area contributed by atoms with Crippen molar-refractivity contribution in [1.82, 2.24) is 9.80 Å². The molecule has 0 radical (unpaired) electrons. The number of piperazine rings is 1. The summed E-state index contributed by atoms with van der Waals surface area (Å²) in [5, 5.41) is 0. The fraction of sp³-hybridized carbons (Fsp3) is 0.909. The molecule has 0 N–H and O–H groups in total. The zero-order chi connectivity index (χ0) is 13.1. The van der Waals surface area contributed by atoms with Crippen molar-refractivity contribution in [3.8, 4) is 0 Å². The quantitative estimate of drug-likeness (QED) is 0.764. The van der Waals surface area contributed by atoms with Crippen LogP contribution >= 0.6 is 0 Å². The SMILES string of the molecule is CC(C)CC(=O)N1CCN(CC(F)(F)F)CC1. The number of amides is 1. The Balaban J connectivity index is 2.33. The maximum absolute atomic E-state index is 12.1. The second-order valence-electron chi connectivity index (χ2n) is 4.87. The minimum Gasteiger partial charge on any atom is -0.340 e. The third-order valence-electron chi connectivity index (χ3n) is 2.71. The summed E-state index contributed by atoms with van der Waals surface area (Å²) < 4.78 is 36.4. The lowest BCUT2D eigenvalue weighted by Gasteiger charge is -2.35. The van der Waals surface area contributed by atoms with E-state index in [4.69, 9.17) is 0 Å². The van der Waals surface area contributed by atoms with Gasteiger partial charge in [-0.05, 0) is 5.92 Å². The smallest absolute Gasteiger partial charge is 0.340 e. The normalized spacial score (nSPS) is 18.8. The predicted octanol–water partition coefficient (Wildman–Crippen LogP) is 1.74. The molecule has 0 saturated carbocycles. The van der Waals surface area contributed by atoms with E-state index in [0.29, 0.717) is 32.6 Å². The van der Waals surface area contributed by atoms with Crippen LogP contribution < -0.4 is 0 Å². The molecule has 1 fully saturated rings. The third-order valence-corrected chi connectivity index (χ3v) is 2.71. The van der Waals surface area contributed by atoms with Crippen LogP contribution in [-0.2, 0) is 4.79 Å². The molecule has 1 saturated heterocycles. The van der Waals surface area contributed by atoms with E-state index in [1.54, 1.807) is 4.90 Å². The molecule has 1 rings (SSSR count). The van der Waals surface area contributed by atoms with Crippen LogP contribution in [0.1, 0.15) is 20.3 Å². The summed E-state index contributed by atoms with van der Waals surface area (Å²) in [7, 11) is 0. The van der Waals surface area contributed by atoms with Gasteiger partial charge in [-0.1, -0.05) is 13.8 Å². The van der Waals surface area contributed by atoms with Crippen LogP contribution in [0.25, 0.3) is 0 Å². The first-order valence-electron chi connectivity index (χ1n) is 5.85. The minimum absolute atomic E-state index is 0.0478. The standard InChI is InChI=1S/C11H19F3N2O/c1-9(2)7-10(17)16-5-3-15(4-6-16)8-11(12,13)14/h9H,3-8H2,1-2H3. The molecule has 0 atom stereocenters. The van der Waals surface area contributed by atoms with Crippen molar-refractivity contribution >= 4 is 5.91 Å². The van der Waals surface area contributed by atoms with Gasteiger partial charge in [-0.25, -0.2) is 0 Å². The van der Waals surface area contributed by atoms with Crippen molar-refractivity contribution in [2.24, 2.45) is 5.92 Å². The molecule has 1 aliphatic heterocycles. The summed E-state index contributed by atoms with van der Waals surface area (Å²) in [6, 6.07) is 0. The first-order valence-corrected chi connectivity index (χ1v) is 5.85. The van der Waals surface area contributed by atoms with Crippen molar-refractivity contribution in [3.05, 3.63) is 0 Å². The summed E-state index contributed by atoms with van der Waals surface area (Å²) in [5.74, 6) is 0.336. The van der Waals surface area contributed by atoms with Crippen molar-refractivity contribution in [2.75, 3.05) is 32.7 Å². The highest BCUT2D eigenvalue weighted by Crippen LogP contribution is 2.17. The molecule has 0 unspecified atom stereocenters. The Morgan fingerprint density at radius 3 is 2.12 bits per heavy atom. The van der Waals surface area contributed by atoms with E-state index in [1.807, 2.05) is 13.8 Å². The van der Waals surface area contributed by atoms with E-state index in [1.165, 1.54) is 4.90 Å². The van der Waals surface area contributed by atoms with Crippen molar-refractivity contribution in [3.63, 3.8) is 0 Å². The molecule has 0 aromatic carbocycles. The highest BCUT2D eigenvalue weighted by atomic mass is 19.4. The number of alkyl halides is 3. The van der Waals surface area contributed by atoms with Crippen LogP contribution in [0.15, 0.2) is 0 Å². The van der Waals surface area contributed by atoms with Crippen LogP contribution in [0.2, 0.25) is 0 Å². The van der Waals surface area contributed by atoms with Gasteiger partial charge in [0.15, 0.2) is 0 Å². The van der Waals surface area contributed by atoms with E-state index < -0.39 is 12.7 Å². The van der Waals surface area contributed by atoms with E-state index in [9.17, 15) is 18.0 Å². The minimum atomic E-state index is -4.15. The Labute approximate surface area is 99.6 Å². The van der Waals surface area contributed by atoms with Crippen molar-refractivity contribution in [1.29, 1.82) is 0 Å². The summed E-state index contributed by atoms with van der Waals surface area (Å²) >= 11 is 0.